The number of hydrogen-bond acceptors (Lipinski definition) is 7. The van der Waals surface area contributed by atoms with Crippen molar-refractivity contribution < 1.29 is 5.11 Å². The van der Waals surface area contributed by atoms with Crippen molar-refractivity contribution in [1.82, 2.24) is 24.1 Å². The van der Waals surface area contributed by atoms with E-state index in [9.17, 15) is 0 Å². The fourth-order valence-corrected chi connectivity index (χ4v) is 2.91. The van der Waals surface area contributed by atoms with Gasteiger partial charge in [-0.25, -0.2) is 4.98 Å². The van der Waals surface area contributed by atoms with Crippen LogP contribution < -0.4 is 0 Å². The fourth-order valence-electron chi connectivity index (χ4n) is 1.21. The lowest BCUT2D eigenvalue weighted by molar-refractivity contribution is 0.266. The highest BCUT2D eigenvalue weighted by atomic mass is 32.2. The number of aliphatic hydroxyl groups is 1. The van der Waals surface area contributed by atoms with Crippen molar-refractivity contribution in [3.63, 3.8) is 0 Å². The molecule has 0 spiro atoms. The van der Waals surface area contributed by atoms with E-state index in [0.29, 0.717) is 11.0 Å². The van der Waals surface area contributed by atoms with Crippen LogP contribution in [0, 0.1) is 0 Å². The quantitative estimate of drug-likeness (QED) is 0.923. The van der Waals surface area contributed by atoms with E-state index in [0.717, 1.165) is 10.2 Å². The zero-order chi connectivity index (χ0) is 13.3. The van der Waals surface area contributed by atoms with E-state index in [1.54, 1.807) is 4.57 Å². The van der Waals surface area contributed by atoms with Gasteiger partial charge in [0, 0.05) is 12.5 Å². The highest BCUT2D eigenvalue weighted by Gasteiger charge is 2.20. The maximum Gasteiger partial charge on any atom is 0.198 e. The molecule has 0 atom stereocenters. The molecule has 0 bridgehead atoms. The number of rotatable bonds is 3. The maximum absolute atomic E-state index is 9.05. The first-order valence-corrected chi connectivity index (χ1v) is 7.02. The van der Waals surface area contributed by atoms with Gasteiger partial charge in [0.05, 0.1) is 0 Å². The normalized spacial score (nSPS) is 12.1. The van der Waals surface area contributed by atoms with E-state index >= 15 is 0 Å². The van der Waals surface area contributed by atoms with Crippen LogP contribution in [-0.4, -0.2) is 29.2 Å². The molecular weight excluding hydrogens is 270 g/mol. The molecule has 0 saturated heterocycles. The highest BCUT2D eigenvalue weighted by Crippen LogP contribution is 2.30. The molecule has 0 aliphatic heterocycles. The summed E-state index contributed by atoms with van der Waals surface area (Å²) >= 11 is 2.77. The van der Waals surface area contributed by atoms with Gasteiger partial charge in [0.2, 0.25) is 0 Å². The molecule has 0 aromatic carbocycles. The molecule has 0 radical (unpaired) electrons. The van der Waals surface area contributed by atoms with Crippen molar-refractivity contribution in [1.29, 1.82) is 0 Å². The lowest BCUT2D eigenvalue weighted by Gasteiger charge is -2.11. The van der Waals surface area contributed by atoms with E-state index < -0.39 is 0 Å². The molecule has 0 saturated carbocycles. The monoisotopic (exact) mass is 285 g/mol. The topological polar surface area (TPSA) is 76.7 Å². The summed E-state index contributed by atoms with van der Waals surface area (Å²) in [7, 11) is 1.82. The summed E-state index contributed by atoms with van der Waals surface area (Å²) in [5.74, 6) is 1.37. The molecule has 98 valence electrons. The summed E-state index contributed by atoms with van der Waals surface area (Å²) in [5, 5.41) is 17.6. The van der Waals surface area contributed by atoms with Crippen molar-refractivity contribution in [2.24, 2.45) is 7.05 Å². The van der Waals surface area contributed by atoms with Crippen LogP contribution in [0.2, 0.25) is 0 Å². The van der Waals surface area contributed by atoms with E-state index in [2.05, 4.69) is 40.3 Å². The second-order valence-electron chi connectivity index (χ2n) is 4.85. The first kappa shape index (κ1) is 13.4. The van der Waals surface area contributed by atoms with Gasteiger partial charge in [0.25, 0.3) is 0 Å². The van der Waals surface area contributed by atoms with Crippen LogP contribution >= 0.6 is 23.3 Å². The minimum atomic E-state index is -0.118. The van der Waals surface area contributed by atoms with Crippen LogP contribution in [0.25, 0.3) is 0 Å². The smallest absolute Gasteiger partial charge is 0.198 e. The van der Waals surface area contributed by atoms with Crippen molar-refractivity contribution in [3.05, 3.63) is 11.6 Å². The van der Waals surface area contributed by atoms with E-state index in [-0.39, 0.29) is 12.0 Å². The number of aliphatic hydroxyl groups excluding tert-OH is 1. The Labute approximate surface area is 114 Å². The summed E-state index contributed by atoms with van der Waals surface area (Å²) in [4.78, 5) is 4.48. The molecular formula is C10H15N5OS2. The lowest BCUT2D eigenvalue weighted by atomic mass is 9.96. The Bertz CT molecular complexity index is 543. The van der Waals surface area contributed by atoms with Gasteiger partial charge in [-0.1, -0.05) is 20.8 Å². The van der Waals surface area contributed by atoms with Crippen LogP contribution in [0.4, 0.5) is 0 Å². The molecule has 0 aliphatic rings. The third-order valence-corrected chi connectivity index (χ3v) is 4.11. The second-order valence-corrected chi connectivity index (χ2v) is 6.82. The Hall–Kier alpha value is -0.990. The zero-order valence-electron chi connectivity index (χ0n) is 10.7. The van der Waals surface area contributed by atoms with Gasteiger partial charge in [0.1, 0.15) is 12.4 Å². The SMILES string of the molecule is Cn1c(CO)nnc1Sc1nc(C(C)(C)C)ns1. The molecule has 2 rings (SSSR count). The van der Waals surface area contributed by atoms with E-state index in [1.165, 1.54) is 23.3 Å². The molecule has 2 aromatic rings. The van der Waals surface area contributed by atoms with Gasteiger partial charge < -0.3 is 9.67 Å². The molecule has 0 unspecified atom stereocenters. The Kier molecular flexibility index (Phi) is 3.69. The molecule has 1 N–H and O–H groups in total. The predicted molar refractivity (Wildman–Crippen MR) is 69.7 cm³/mol. The average Bonchev–Trinajstić information content (AvgIpc) is 2.87. The summed E-state index contributed by atoms with van der Waals surface area (Å²) < 4.78 is 6.93. The average molecular weight is 285 g/mol. The Morgan fingerprint density at radius 3 is 2.56 bits per heavy atom. The van der Waals surface area contributed by atoms with E-state index in [1.807, 2.05) is 7.05 Å². The fraction of sp³-hybridized carbons (Fsp3) is 0.600. The molecule has 18 heavy (non-hydrogen) atoms. The summed E-state index contributed by atoms with van der Waals surface area (Å²) in [5.41, 5.74) is -0.0501. The van der Waals surface area contributed by atoms with Crippen LogP contribution in [0.3, 0.4) is 0 Å². The van der Waals surface area contributed by atoms with Crippen molar-refractivity contribution in [2.45, 2.75) is 42.3 Å². The van der Waals surface area contributed by atoms with Gasteiger partial charge in [-0.15, -0.1) is 10.2 Å². The second kappa shape index (κ2) is 4.94. The predicted octanol–water partition coefficient (Wildman–Crippen LogP) is 1.61. The third kappa shape index (κ3) is 2.70. The highest BCUT2D eigenvalue weighted by molar-refractivity contribution is 8.00. The molecule has 0 aliphatic carbocycles. The Morgan fingerprint density at radius 1 is 1.33 bits per heavy atom. The van der Waals surface area contributed by atoms with Crippen molar-refractivity contribution >= 4 is 23.3 Å². The Balaban J connectivity index is 2.19. The van der Waals surface area contributed by atoms with Crippen LogP contribution in [0.15, 0.2) is 9.50 Å². The molecule has 2 heterocycles. The molecule has 0 amide bonds. The van der Waals surface area contributed by atoms with Gasteiger partial charge >= 0.3 is 0 Å². The number of nitrogens with zero attached hydrogens (tertiary/aromatic N) is 5. The third-order valence-electron chi connectivity index (χ3n) is 2.32. The van der Waals surface area contributed by atoms with Gasteiger partial charge in [-0.3, -0.25) is 0 Å². The van der Waals surface area contributed by atoms with Gasteiger partial charge in [-0.2, -0.15) is 4.37 Å². The van der Waals surface area contributed by atoms with Gasteiger partial charge in [0.15, 0.2) is 15.3 Å². The van der Waals surface area contributed by atoms with E-state index in [4.69, 9.17) is 5.11 Å². The Morgan fingerprint density at radius 2 is 2.06 bits per heavy atom. The minimum Gasteiger partial charge on any atom is -0.388 e. The standard InChI is InChI=1S/C10H15N5OS2/c1-10(2,3)7-11-9(18-14-7)17-8-13-12-6(5-16)15(8)4/h16H,5H2,1-4H3. The molecule has 0 fully saturated rings. The molecule has 6 nitrogen and oxygen atoms in total. The zero-order valence-corrected chi connectivity index (χ0v) is 12.3. The minimum absolute atomic E-state index is 0.0501. The molecule has 8 heteroatoms. The maximum atomic E-state index is 9.05. The largest absolute Gasteiger partial charge is 0.388 e. The number of aromatic nitrogens is 5. The first-order valence-electron chi connectivity index (χ1n) is 5.43. The lowest BCUT2D eigenvalue weighted by Crippen LogP contribution is -2.12. The van der Waals surface area contributed by atoms with Gasteiger partial charge in [-0.05, 0) is 23.3 Å². The summed E-state index contributed by atoms with van der Waals surface area (Å²) in [6.45, 7) is 6.12. The van der Waals surface area contributed by atoms with Crippen molar-refractivity contribution in [3.8, 4) is 0 Å². The van der Waals surface area contributed by atoms with Crippen LogP contribution in [-0.2, 0) is 19.1 Å². The number of hydrogen-bond donors (Lipinski definition) is 1. The molecule has 2 aromatic heterocycles. The summed E-state index contributed by atoms with van der Waals surface area (Å²) in [6, 6.07) is 0. The van der Waals surface area contributed by atoms with Crippen molar-refractivity contribution in [2.75, 3.05) is 0 Å². The van der Waals surface area contributed by atoms with Crippen LogP contribution in [0.1, 0.15) is 32.4 Å². The first-order chi connectivity index (χ1) is 8.41. The summed E-state index contributed by atoms with van der Waals surface area (Å²) in [6.07, 6.45) is 0. The van der Waals surface area contributed by atoms with Crippen LogP contribution in [0.5, 0.6) is 0 Å².